The van der Waals surface area contributed by atoms with Crippen molar-refractivity contribution in [3.05, 3.63) is 94.5 Å². The van der Waals surface area contributed by atoms with Crippen LogP contribution in [0.5, 0.6) is 0 Å². The highest BCUT2D eigenvalue weighted by Gasteiger charge is 2.24. The van der Waals surface area contributed by atoms with Crippen LogP contribution in [0.15, 0.2) is 77.9 Å². The van der Waals surface area contributed by atoms with E-state index in [0.29, 0.717) is 12.2 Å². The third-order valence-corrected chi connectivity index (χ3v) is 4.16. The zero-order chi connectivity index (χ0) is 18.1. The van der Waals surface area contributed by atoms with E-state index in [1.165, 1.54) is 10.9 Å². The number of hydrogen-bond acceptors (Lipinski definition) is 3. The maximum absolute atomic E-state index is 12.8. The van der Waals surface area contributed by atoms with Gasteiger partial charge in [-0.25, -0.2) is 4.79 Å². The van der Waals surface area contributed by atoms with Gasteiger partial charge in [-0.3, -0.25) is 4.79 Å². The number of pyridine rings is 1. The van der Waals surface area contributed by atoms with Crippen LogP contribution in [-0.2, 0) is 6.54 Å². The molecular weight excluding hydrogens is 330 g/mol. The minimum atomic E-state index is -1.12. The number of hydrogen-bond donors (Lipinski definition) is 1. The summed E-state index contributed by atoms with van der Waals surface area (Å²) in [6, 6.07) is 18.6. The normalized spacial score (nSPS) is 10.9. The average molecular weight is 345 g/mol. The van der Waals surface area contributed by atoms with Crippen molar-refractivity contribution >= 4 is 5.97 Å². The first kappa shape index (κ1) is 15.8. The van der Waals surface area contributed by atoms with E-state index in [1.807, 2.05) is 36.4 Å². The molecule has 0 spiro atoms. The van der Waals surface area contributed by atoms with Gasteiger partial charge in [0.25, 0.3) is 5.56 Å². The Morgan fingerprint density at radius 3 is 2.27 bits per heavy atom. The number of nitrogens with zero attached hydrogens (tertiary/aromatic N) is 3. The Morgan fingerprint density at radius 1 is 0.962 bits per heavy atom. The van der Waals surface area contributed by atoms with Crippen molar-refractivity contribution in [2.24, 2.45) is 0 Å². The van der Waals surface area contributed by atoms with Gasteiger partial charge in [0.15, 0.2) is 0 Å². The Balaban J connectivity index is 1.89. The molecule has 2 aromatic carbocycles. The summed E-state index contributed by atoms with van der Waals surface area (Å²) in [4.78, 5) is 24.5. The molecule has 26 heavy (non-hydrogen) atoms. The van der Waals surface area contributed by atoms with Gasteiger partial charge in [0, 0.05) is 18.9 Å². The van der Waals surface area contributed by atoms with Crippen molar-refractivity contribution in [1.29, 1.82) is 0 Å². The van der Waals surface area contributed by atoms with Gasteiger partial charge in [0.2, 0.25) is 0 Å². The van der Waals surface area contributed by atoms with Crippen molar-refractivity contribution in [2.75, 3.05) is 0 Å². The average Bonchev–Trinajstić information content (AvgIpc) is 2.99. The van der Waals surface area contributed by atoms with E-state index in [-0.39, 0.29) is 22.4 Å². The number of carbonyl (C=O) groups is 1. The number of benzene rings is 2. The first-order valence-electron chi connectivity index (χ1n) is 8.09. The number of aromatic carboxylic acids is 1. The van der Waals surface area contributed by atoms with Crippen LogP contribution in [0.1, 0.15) is 15.9 Å². The molecule has 0 atom stereocenters. The Hall–Kier alpha value is -3.67. The summed E-state index contributed by atoms with van der Waals surface area (Å²) >= 11 is 0. The van der Waals surface area contributed by atoms with Crippen LogP contribution in [0, 0.1) is 0 Å². The second-order valence-electron chi connectivity index (χ2n) is 5.95. The third kappa shape index (κ3) is 2.77. The smallest absolute Gasteiger partial charge is 0.339 e. The van der Waals surface area contributed by atoms with E-state index in [9.17, 15) is 14.7 Å². The van der Waals surface area contributed by atoms with E-state index in [2.05, 4.69) is 5.10 Å². The van der Waals surface area contributed by atoms with Crippen LogP contribution in [0.25, 0.3) is 16.9 Å². The van der Waals surface area contributed by atoms with E-state index in [0.717, 1.165) is 5.56 Å². The molecule has 0 unspecified atom stereocenters. The number of carboxylic acid groups (broad SMARTS) is 1. The largest absolute Gasteiger partial charge is 0.478 e. The summed E-state index contributed by atoms with van der Waals surface area (Å²) < 4.78 is 2.95. The monoisotopic (exact) mass is 345 g/mol. The molecule has 128 valence electrons. The molecule has 2 aliphatic heterocycles. The SMILES string of the molecule is O=C(O)c1cn(Cc2ccccc2)cc2c(=O)n(-c3ccccc3)nc1-2. The molecule has 2 aromatic rings. The molecule has 0 aliphatic carbocycles. The minimum absolute atomic E-state index is 0.00483. The summed E-state index contributed by atoms with van der Waals surface area (Å²) in [5, 5.41) is 13.8. The lowest BCUT2D eigenvalue weighted by molar-refractivity contribution is 0.0696. The molecule has 2 aliphatic rings. The van der Waals surface area contributed by atoms with Gasteiger partial charge < -0.3 is 9.67 Å². The quantitative estimate of drug-likeness (QED) is 0.617. The molecule has 0 fully saturated rings. The van der Waals surface area contributed by atoms with Gasteiger partial charge in [-0.2, -0.15) is 9.78 Å². The molecule has 4 rings (SSSR count). The van der Waals surface area contributed by atoms with Crippen molar-refractivity contribution in [1.82, 2.24) is 14.3 Å². The van der Waals surface area contributed by atoms with Crippen LogP contribution in [0.3, 0.4) is 0 Å². The fourth-order valence-electron chi connectivity index (χ4n) is 2.95. The number of aromatic nitrogens is 3. The van der Waals surface area contributed by atoms with Gasteiger partial charge >= 0.3 is 5.97 Å². The number of carboxylic acids is 1. The predicted octanol–water partition coefficient (Wildman–Crippen LogP) is 2.89. The van der Waals surface area contributed by atoms with Gasteiger partial charge in [0.1, 0.15) is 11.3 Å². The highest BCUT2D eigenvalue weighted by atomic mass is 16.4. The van der Waals surface area contributed by atoms with E-state index in [1.54, 1.807) is 35.0 Å². The molecule has 0 bridgehead atoms. The maximum Gasteiger partial charge on any atom is 0.339 e. The lowest BCUT2D eigenvalue weighted by Gasteiger charge is -2.10. The molecule has 0 amide bonds. The van der Waals surface area contributed by atoms with E-state index in [4.69, 9.17) is 0 Å². The molecule has 0 radical (unpaired) electrons. The fraction of sp³-hybridized carbons (Fsp3) is 0.0500. The summed E-state index contributed by atoms with van der Waals surface area (Å²) in [5.74, 6) is -1.12. The summed E-state index contributed by atoms with van der Waals surface area (Å²) in [6.07, 6.45) is 3.17. The maximum atomic E-state index is 12.8. The zero-order valence-corrected chi connectivity index (χ0v) is 13.7. The van der Waals surface area contributed by atoms with Crippen LogP contribution in [0.2, 0.25) is 0 Å². The molecule has 6 heteroatoms. The first-order valence-corrected chi connectivity index (χ1v) is 8.09. The highest BCUT2D eigenvalue weighted by molar-refractivity contribution is 5.94. The first-order chi connectivity index (χ1) is 12.6. The second kappa shape index (κ2) is 6.33. The Morgan fingerprint density at radius 2 is 1.62 bits per heavy atom. The molecule has 6 nitrogen and oxygen atoms in total. The van der Waals surface area contributed by atoms with Gasteiger partial charge in [0.05, 0.1) is 11.3 Å². The highest BCUT2D eigenvalue weighted by Crippen LogP contribution is 2.22. The second-order valence-corrected chi connectivity index (χ2v) is 5.95. The van der Waals surface area contributed by atoms with E-state index < -0.39 is 5.97 Å². The minimum Gasteiger partial charge on any atom is -0.478 e. The predicted molar refractivity (Wildman–Crippen MR) is 96.9 cm³/mol. The van der Waals surface area contributed by atoms with Crippen molar-refractivity contribution in [3.8, 4) is 16.9 Å². The number of rotatable bonds is 4. The van der Waals surface area contributed by atoms with Crippen LogP contribution in [0.4, 0.5) is 0 Å². The van der Waals surface area contributed by atoms with Gasteiger partial charge in [-0.05, 0) is 17.7 Å². The Labute approximate surface area is 148 Å². The summed E-state index contributed by atoms with van der Waals surface area (Å²) in [6.45, 7) is 0.465. The standard InChI is InChI=1S/C20H15N3O3/c24-19-16-12-22(11-14-7-3-1-4-8-14)13-17(20(25)26)18(16)21-23(19)15-9-5-2-6-10-15/h1-10,12-13H,11H2,(H,25,26). The Kier molecular flexibility index (Phi) is 3.85. The van der Waals surface area contributed by atoms with Crippen LogP contribution < -0.4 is 5.56 Å². The molecule has 1 N–H and O–H groups in total. The fourth-order valence-corrected chi connectivity index (χ4v) is 2.95. The molecule has 0 aromatic heterocycles. The van der Waals surface area contributed by atoms with Crippen molar-refractivity contribution in [2.45, 2.75) is 6.54 Å². The molecule has 2 heterocycles. The van der Waals surface area contributed by atoms with Gasteiger partial charge in [-0.15, -0.1) is 0 Å². The summed E-state index contributed by atoms with van der Waals surface area (Å²) in [5.41, 5.74) is 1.75. The van der Waals surface area contributed by atoms with Crippen molar-refractivity contribution < 1.29 is 9.90 Å². The third-order valence-electron chi connectivity index (χ3n) is 4.16. The zero-order valence-electron chi connectivity index (χ0n) is 13.7. The van der Waals surface area contributed by atoms with E-state index >= 15 is 0 Å². The van der Waals surface area contributed by atoms with Crippen LogP contribution in [-0.4, -0.2) is 25.4 Å². The number of fused-ring (bicyclic) bond motifs is 1. The topological polar surface area (TPSA) is 77.1 Å². The summed E-state index contributed by atoms with van der Waals surface area (Å²) in [7, 11) is 0. The van der Waals surface area contributed by atoms with Gasteiger partial charge in [-0.1, -0.05) is 48.5 Å². The lowest BCUT2D eigenvalue weighted by atomic mass is 10.1. The molecule has 0 saturated carbocycles. The number of para-hydroxylation sites is 1. The molecular formula is C20H15N3O3. The van der Waals surface area contributed by atoms with Crippen LogP contribution >= 0.6 is 0 Å². The lowest BCUT2D eigenvalue weighted by Crippen LogP contribution is -2.15. The Bertz CT molecular complexity index is 1100. The van der Waals surface area contributed by atoms with Crippen molar-refractivity contribution in [3.63, 3.8) is 0 Å². The molecule has 0 saturated heterocycles.